The van der Waals surface area contributed by atoms with Crippen molar-refractivity contribution in [3.05, 3.63) is 65.2 Å². The zero-order chi connectivity index (χ0) is 18.4. The van der Waals surface area contributed by atoms with Gasteiger partial charge in [0.2, 0.25) is 0 Å². The minimum atomic E-state index is 0.583. The predicted molar refractivity (Wildman–Crippen MR) is 103 cm³/mol. The van der Waals surface area contributed by atoms with Gasteiger partial charge >= 0.3 is 0 Å². The number of methoxy groups -OCH3 is 1. The van der Waals surface area contributed by atoms with Crippen LogP contribution in [0.4, 0.5) is 0 Å². The number of nitrogens with zero attached hydrogens (tertiary/aromatic N) is 4. The fourth-order valence-electron chi connectivity index (χ4n) is 2.67. The van der Waals surface area contributed by atoms with Crippen LogP contribution in [0.5, 0.6) is 0 Å². The van der Waals surface area contributed by atoms with Gasteiger partial charge in [-0.25, -0.2) is 0 Å². The second-order valence-corrected chi connectivity index (χ2v) is 6.82. The maximum atomic E-state index is 9.26. The summed E-state index contributed by atoms with van der Waals surface area (Å²) in [5.41, 5.74) is 3.92. The predicted octanol–water partition coefficient (Wildman–Crippen LogP) is 4.06. The van der Waals surface area contributed by atoms with Crippen molar-refractivity contribution in [2.75, 3.05) is 13.7 Å². The van der Waals surface area contributed by atoms with Gasteiger partial charge in [-0.1, -0.05) is 53.7 Å². The number of ether oxygens (including phenoxy) is 1. The highest BCUT2D eigenvalue weighted by Gasteiger charge is 2.15. The molecule has 0 saturated carbocycles. The molecular weight excluding hydrogens is 344 g/mol. The number of aryl methyl sites for hydroxylation is 1. The fraction of sp³-hybridized carbons (Fsp3) is 0.250. The molecule has 26 heavy (non-hydrogen) atoms. The van der Waals surface area contributed by atoms with Crippen LogP contribution in [-0.4, -0.2) is 28.5 Å². The summed E-state index contributed by atoms with van der Waals surface area (Å²) < 4.78 is 7.34. The Bertz CT molecular complexity index is 930. The van der Waals surface area contributed by atoms with E-state index in [2.05, 4.69) is 39.9 Å². The third kappa shape index (κ3) is 4.13. The van der Waals surface area contributed by atoms with E-state index in [9.17, 15) is 5.26 Å². The van der Waals surface area contributed by atoms with Crippen molar-refractivity contribution >= 4 is 11.8 Å². The van der Waals surface area contributed by atoms with Gasteiger partial charge in [0.15, 0.2) is 11.0 Å². The molecule has 0 aliphatic rings. The molecule has 1 aromatic heterocycles. The highest BCUT2D eigenvalue weighted by Crippen LogP contribution is 2.27. The van der Waals surface area contributed by atoms with E-state index in [1.54, 1.807) is 18.9 Å². The van der Waals surface area contributed by atoms with Crippen LogP contribution in [0.25, 0.3) is 11.4 Å². The van der Waals surface area contributed by atoms with Crippen LogP contribution in [0.15, 0.2) is 53.7 Å². The molecule has 0 atom stereocenters. The Kier molecular flexibility index (Phi) is 6.05. The van der Waals surface area contributed by atoms with Gasteiger partial charge in [0, 0.05) is 18.4 Å². The first kappa shape index (κ1) is 18.2. The molecule has 0 unspecified atom stereocenters. The molecular formula is C20H20N4OS. The van der Waals surface area contributed by atoms with Gasteiger partial charge < -0.3 is 4.74 Å². The first-order valence-electron chi connectivity index (χ1n) is 8.33. The average Bonchev–Trinajstić information content (AvgIpc) is 3.07. The van der Waals surface area contributed by atoms with E-state index >= 15 is 0 Å². The lowest BCUT2D eigenvalue weighted by atomic mass is 10.1. The molecule has 0 aliphatic carbocycles. The van der Waals surface area contributed by atoms with Crippen molar-refractivity contribution in [1.29, 1.82) is 5.26 Å². The second kappa shape index (κ2) is 8.65. The molecule has 0 spiro atoms. The van der Waals surface area contributed by atoms with Crippen molar-refractivity contribution in [3.8, 4) is 17.5 Å². The molecule has 0 saturated heterocycles. The average molecular weight is 364 g/mol. The Hall–Kier alpha value is -2.62. The molecule has 0 radical (unpaired) electrons. The van der Waals surface area contributed by atoms with Crippen LogP contribution in [0.1, 0.15) is 16.7 Å². The second-order valence-electron chi connectivity index (χ2n) is 5.88. The van der Waals surface area contributed by atoms with Crippen molar-refractivity contribution in [2.24, 2.45) is 0 Å². The Morgan fingerprint density at radius 3 is 2.77 bits per heavy atom. The van der Waals surface area contributed by atoms with Crippen molar-refractivity contribution in [2.45, 2.75) is 24.4 Å². The van der Waals surface area contributed by atoms with E-state index in [1.807, 2.05) is 36.4 Å². The molecule has 0 fully saturated rings. The summed E-state index contributed by atoms with van der Waals surface area (Å²) in [7, 11) is 1.69. The van der Waals surface area contributed by atoms with Gasteiger partial charge in [-0.3, -0.25) is 4.57 Å². The van der Waals surface area contributed by atoms with Crippen LogP contribution in [-0.2, 0) is 17.0 Å². The van der Waals surface area contributed by atoms with Crippen molar-refractivity contribution in [3.63, 3.8) is 0 Å². The molecule has 1 heterocycles. The van der Waals surface area contributed by atoms with E-state index in [4.69, 9.17) is 4.74 Å². The summed E-state index contributed by atoms with van der Waals surface area (Å²) in [6.45, 7) is 3.32. The Morgan fingerprint density at radius 2 is 2.00 bits per heavy atom. The summed E-state index contributed by atoms with van der Waals surface area (Å²) in [6.07, 6.45) is 0. The third-order valence-electron chi connectivity index (χ3n) is 4.01. The quantitative estimate of drug-likeness (QED) is 0.592. The molecule has 2 aromatic carbocycles. The van der Waals surface area contributed by atoms with E-state index in [-0.39, 0.29) is 0 Å². The van der Waals surface area contributed by atoms with Gasteiger partial charge in [0.25, 0.3) is 0 Å². The molecule has 3 rings (SSSR count). The Labute approximate surface area is 157 Å². The minimum absolute atomic E-state index is 0.583. The summed E-state index contributed by atoms with van der Waals surface area (Å²) in [6, 6.07) is 18.1. The van der Waals surface area contributed by atoms with E-state index in [0.717, 1.165) is 22.1 Å². The molecule has 5 nitrogen and oxygen atoms in total. The monoisotopic (exact) mass is 364 g/mol. The minimum Gasteiger partial charge on any atom is -0.383 e. The smallest absolute Gasteiger partial charge is 0.191 e. The van der Waals surface area contributed by atoms with Gasteiger partial charge in [-0.2, -0.15) is 5.26 Å². The SMILES string of the molecule is COCCn1c(SCc2ccccc2C#N)nnc1-c1cccc(C)c1. The summed E-state index contributed by atoms with van der Waals surface area (Å²) in [5.74, 6) is 1.50. The first-order valence-corrected chi connectivity index (χ1v) is 9.31. The number of nitriles is 1. The van der Waals surface area contributed by atoms with Gasteiger partial charge in [0.05, 0.1) is 24.8 Å². The normalized spacial score (nSPS) is 10.7. The van der Waals surface area contributed by atoms with Crippen LogP contribution >= 0.6 is 11.8 Å². The number of aromatic nitrogens is 3. The number of hydrogen-bond donors (Lipinski definition) is 0. The molecule has 0 aliphatic heterocycles. The zero-order valence-corrected chi connectivity index (χ0v) is 15.7. The number of thioether (sulfide) groups is 1. The lowest BCUT2D eigenvalue weighted by Gasteiger charge is -2.10. The highest BCUT2D eigenvalue weighted by atomic mass is 32.2. The van der Waals surface area contributed by atoms with Crippen LogP contribution in [0.2, 0.25) is 0 Å². The largest absolute Gasteiger partial charge is 0.383 e. The molecule has 132 valence electrons. The molecule has 3 aromatic rings. The number of rotatable bonds is 7. The Balaban J connectivity index is 1.88. The molecule has 0 amide bonds. The lowest BCUT2D eigenvalue weighted by Crippen LogP contribution is -2.07. The standard InChI is InChI=1S/C20H20N4OS/c1-15-6-5-9-16(12-15)19-22-23-20(24(19)10-11-25-2)26-14-18-8-4-3-7-17(18)13-21/h3-9,12H,10-11,14H2,1-2H3. The summed E-state index contributed by atoms with van der Waals surface area (Å²) in [4.78, 5) is 0. The molecule has 6 heteroatoms. The van der Waals surface area contributed by atoms with Crippen LogP contribution in [0.3, 0.4) is 0 Å². The fourth-order valence-corrected chi connectivity index (χ4v) is 3.64. The Morgan fingerprint density at radius 1 is 1.15 bits per heavy atom. The first-order chi connectivity index (χ1) is 12.7. The molecule has 0 bridgehead atoms. The summed E-state index contributed by atoms with van der Waals surface area (Å²) in [5, 5.41) is 18.9. The maximum absolute atomic E-state index is 9.26. The van der Waals surface area contributed by atoms with E-state index in [0.29, 0.717) is 24.5 Å². The van der Waals surface area contributed by atoms with Gasteiger partial charge in [-0.15, -0.1) is 10.2 Å². The zero-order valence-electron chi connectivity index (χ0n) is 14.8. The maximum Gasteiger partial charge on any atom is 0.191 e. The van der Waals surface area contributed by atoms with Gasteiger partial charge in [-0.05, 0) is 24.6 Å². The molecule has 0 N–H and O–H groups in total. The third-order valence-corrected chi connectivity index (χ3v) is 5.02. The van der Waals surface area contributed by atoms with Crippen molar-refractivity contribution in [1.82, 2.24) is 14.8 Å². The van der Waals surface area contributed by atoms with E-state index in [1.165, 1.54) is 5.56 Å². The van der Waals surface area contributed by atoms with E-state index < -0.39 is 0 Å². The topological polar surface area (TPSA) is 63.7 Å². The van der Waals surface area contributed by atoms with Crippen molar-refractivity contribution < 1.29 is 4.74 Å². The van der Waals surface area contributed by atoms with Gasteiger partial charge in [0.1, 0.15) is 0 Å². The highest BCUT2D eigenvalue weighted by molar-refractivity contribution is 7.98. The summed E-state index contributed by atoms with van der Waals surface area (Å²) >= 11 is 1.58. The number of hydrogen-bond acceptors (Lipinski definition) is 5. The van der Waals surface area contributed by atoms with Crippen LogP contribution in [0, 0.1) is 18.3 Å². The van der Waals surface area contributed by atoms with Crippen LogP contribution < -0.4 is 0 Å². The lowest BCUT2D eigenvalue weighted by molar-refractivity contribution is 0.185. The number of benzene rings is 2.